The summed E-state index contributed by atoms with van der Waals surface area (Å²) < 4.78 is 1.32. The second kappa shape index (κ2) is 5.49. The van der Waals surface area contributed by atoms with Crippen LogP contribution in [0.2, 0.25) is 0 Å². The molecule has 2 aliphatic rings. The molecule has 1 amide bonds. The Balaban J connectivity index is 1.57. The Hall–Kier alpha value is -2.14. The van der Waals surface area contributed by atoms with Crippen LogP contribution in [0, 0.1) is 0 Å². The lowest BCUT2D eigenvalue weighted by Gasteiger charge is -2.43. The van der Waals surface area contributed by atoms with Gasteiger partial charge < -0.3 is 5.11 Å². The predicted octanol–water partition coefficient (Wildman–Crippen LogP) is 0.255. The van der Waals surface area contributed by atoms with Gasteiger partial charge in [0, 0.05) is 11.5 Å². The van der Waals surface area contributed by atoms with Gasteiger partial charge in [-0.05, 0) is 28.1 Å². The summed E-state index contributed by atoms with van der Waals surface area (Å²) in [5.41, 5.74) is 1.40. The molecule has 0 unspecified atom stereocenters. The number of amides is 1. The summed E-state index contributed by atoms with van der Waals surface area (Å²) in [5.74, 6) is -0.125. The van der Waals surface area contributed by atoms with Crippen molar-refractivity contribution in [1.82, 2.24) is 30.2 Å². The van der Waals surface area contributed by atoms with Gasteiger partial charge in [-0.25, -0.2) is 4.79 Å². The highest BCUT2D eigenvalue weighted by Crippen LogP contribution is 2.41. The molecule has 0 aliphatic carbocycles. The average Bonchev–Trinajstić information content (AvgIpc) is 2.99. The third-order valence-corrected chi connectivity index (χ3v) is 5.86. The van der Waals surface area contributed by atoms with Crippen molar-refractivity contribution in [2.75, 3.05) is 11.5 Å². The smallest absolute Gasteiger partial charge is 0.352 e. The van der Waals surface area contributed by atoms with Crippen LogP contribution in [0.1, 0.15) is 6.42 Å². The fourth-order valence-corrected chi connectivity index (χ4v) is 4.71. The topological polar surface area (TPSA) is 114 Å². The molecule has 2 aromatic heterocycles. The van der Waals surface area contributed by atoms with Gasteiger partial charge in [-0.2, -0.15) is 0 Å². The molecule has 23 heavy (non-hydrogen) atoms. The maximum absolute atomic E-state index is 11.7. The van der Waals surface area contributed by atoms with Gasteiger partial charge in [0.25, 0.3) is 0 Å². The van der Waals surface area contributed by atoms with Gasteiger partial charge in [-0.1, -0.05) is 0 Å². The number of aromatic nitrogens is 5. The molecule has 0 radical (unpaired) electrons. The number of β-lactam (4-membered cyclic amide) rings is 1. The zero-order valence-electron chi connectivity index (χ0n) is 11.6. The number of hydrogen-bond acceptors (Lipinski definition) is 8. The molecular weight excluding hydrogens is 340 g/mol. The zero-order chi connectivity index (χ0) is 16.0. The number of carbonyl (C=O) groups excluding carboxylic acids is 1. The van der Waals surface area contributed by atoms with E-state index in [1.807, 2.05) is 0 Å². The van der Waals surface area contributed by atoms with Gasteiger partial charge in [-0.15, -0.1) is 38.4 Å². The van der Waals surface area contributed by atoms with Crippen molar-refractivity contribution < 1.29 is 14.7 Å². The molecule has 0 saturated carbocycles. The van der Waals surface area contributed by atoms with E-state index >= 15 is 0 Å². The van der Waals surface area contributed by atoms with E-state index in [4.69, 9.17) is 0 Å². The Kier molecular flexibility index (Phi) is 3.45. The number of carboxylic acid groups (broad SMARTS) is 1. The van der Waals surface area contributed by atoms with Crippen LogP contribution in [-0.4, -0.2) is 64.0 Å². The second-order valence-corrected chi connectivity index (χ2v) is 7.14. The van der Waals surface area contributed by atoms with Crippen LogP contribution >= 0.6 is 23.5 Å². The maximum Gasteiger partial charge on any atom is 0.352 e. The van der Waals surface area contributed by atoms with Crippen molar-refractivity contribution in [3.8, 4) is 0 Å². The first-order chi connectivity index (χ1) is 11.1. The van der Waals surface area contributed by atoms with Crippen LogP contribution in [0.5, 0.6) is 0 Å². The summed E-state index contributed by atoms with van der Waals surface area (Å²) in [6.45, 7) is 0. The van der Waals surface area contributed by atoms with E-state index in [9.17, 15) is 14.7 Å². The SMILES string of the molecule is O=C(O)C1=C(CSc2ccc3nnnn3n2)CS[C@@H]2CC(=O)N12. The molecule has 2 aromatic rings. The molecule has 1 fully saturated rings. The van der Waals surface area contributed by atoms with Gasteiger partial charge >= 0.3 is 5.97 Å². The third kappa shape index (κ3) is 2.45. The van der Waals surface area contributed by atoms with E-state index in [1.54, 1.807) is 23.9 Å². The van der Waals surface area contributed by atoms with Gasteiger partial charge in [0.2, 0.25) is 5.91 Å². The summed E-state index contributed by atoms with van der Waals surface area (Å²) in [5, 5.41) is 25.4. The van der Waals surface area contributed by atoms with Crippen LogP contribution < -0.4 is 0 Å². The monoisotopic (exact) mass is 350 g/mol. The molecule has 0 aromatic carbocycles. The molecule has 4 heterocycles. The van der Waals surface area contributed by atoms with Crippen LogP contribution in [0.25, 0.3) is 5.65 Å². The fraction of sp³-hybridized carbons (Fsp3) is 0.333. The van der Waals surface area contributed by atoms with Crippen molar-refractivity contribution in [2.24, 2.45) is 0 Å². The minimum atomic E-state index is -1.05. The highest BCUT2D eigenvalue weighted by Gasteiger charge is 2.45. The molecule has 0 spiro atoms. The normalized spacial score (nSPS) is 20.6. The highest BCUT2D eigenvalue weighted by molar-refractivity contribution is 8.01. The quantitative estimate of drug-likeness (QED) is 0.612. The number of carboxylic acids is 1. The van der Waals surface area contributed by atoms with Crippen molar-refractivity contribution in [3.05, 3.63) is 23.4 Å². The number of nitrogens with zero attached hydrogens (tertiary/aromatic N) is 6. The summed E-state index contributed by atoms with van der Waals surface area (Å²) in [6, 6.07) is 3.53. The molecular formula is C12H10N6O3S2. The van der Waals surface area contributed by atoms with Crippen LogP contribution in [0.15, 0.2) is 28.4 Å². The third-order valence-electron chi connectivity index (χ3n) is 3.57. The lowest BCUT2D eigenvalue weighted by molar-refractivity contribution is -0.146. The van der Waals surface area contributed by atoms with E-state index in [0.717, 1.165) is 5.57 Å². The Labute approximate surface area is 138 Å². The van der Waals surface area contributed by atoms with E-state index in [-0.39, 0.29) is 17.0 Å². The number of rotatable bonds is 4. The predicted molar refractivity (Wildman–Crippen MR) is 81.7 cm³/mol. The molecule has 4 rings (SSSR count). The first-order valence-corrected chi connectivity index (χ1v) is 8.74. The molecule has 9 nitrogen and oxygen atoms in total. The molecule has 1 N–H and O–H groups in total. The summed E-state index contributed by atoms with van der Waals surface area (Å²) >= 11 is 2.99. The Bertz CT molecular complexity index is 850. The van der Waals surface area contributed by atoms with Crippen molar-refractivity contribution >= 4 is 41.0 Å². The van der Waals surface area contributed by atoms with Gasteiger partial charge in [0.05, 0.1) is 11.8 Å². The molecule has 11 heteroatoms. The van der Waals surface area contributed by atoms with Gasteiger partial charge in [0.15, 0.2) is 5.65 Å². The summed E-state index contributed by atoms with van der Waals surface area (Å²) in [4.78, 5) is 24.6. The van der Waals surface area contributed by atoms with E-state index in [2.05, 4.69) is 20.6 Å². The molecule has 1 atom stereocenters. The molecule has 2 aliphatic heterocycles. The fourth-order valence-electron chi connectivity index (χ4n) is 2.46. The molecule has 0 bridgehead atoms. The second-order valence-electron chi connectivity index (χ2n) is 4.98. The van der Waals surface area contributed by atoms with E-state index in [0.29, 0.717) is 28.6 Å². The number of thioether (sulfide) groups is 2. The number of aliphatic carboxylic acids is 1. The van der Waals surface area contributed by atoms with Crippen molar-refractivity contribution in [1.29, 1.82) is 0 Å². The lowest BCUT2D eigenvalue weighted by atomic mass is 10.1. The van der Waals surface area contributed by atoms with E-state index < -0.39 is 5.97 Å². The summed E-state index contributed by atoms with van der Waals surface area (Å²) in [7, 11) is 0. The van der Waals surface area contributed by atoms with Crippen LogP contribution in [0.4, 0.5) is 0 Å². The van der Waals surface area contributed by atoms with E-state index in [1.165, 1.54) is 21.3 Å². The average molecular weight is 350 g/mol. The van der Waals surface area contributed by atoms with Gasteiger partial charge in [-0.3, -0.25) is 9.69 Å². The Morgan fingerprint density at radius 2 is 2.35 bits per heavy atom. The standard InChI is InChI=1S/C12H10N6O3S2/c19-9-3-10-17(9)11(12(20)21)6(5-23-10)4-22-8-2-1-7-13-15-16-18(7)14-8/h1-2,10H,3-5H2,(H,20,21)/t10-/m1/s1. The molecule has 118 valence electrons. The minimum Gasteiger partial charge on any atom is -0.477 e. The van der Waals surface area contributed by atoms with Crippen molar-refractivity contribution in [3.63, 3.8) is 0 Å². The highest BCUT2D eigenvalue weighted by atomic mass is 32.2. The van der Waals surface area contributed by atoms with Crippen LogP contribution in [0.3, 0.4) is 0 Å². The first kappa shape index (κ1) is 14.5. The minimum absolute atomic E-state index is 0.0296. The Morgan fingerprint density at radius 1 is 1.48 bits per heavy atom. The Morgan fingerprint density at radius 3 is 3.13 bits per heavy atom. The maximum atomic E-state index is 11.7. The number of tetrazole rings is 1. The first-order valence-electron chi connectivity index (χ1n) is 6.70. The number of fused-ring (bicyclic) bond motifs is 2. The zero-order valence-corrected chi connectivity index (χ0v) is 13.2. The van der Waals surface area contributed by atoms with Gasteiger partial charge in [0.1, 0.15) is 10.7 Å². The lowest BCUT2D eigenvalue weighted by Crippen LogP contribution is -2.54. The number of carbonyl (C=O) groups is 2. The summed E-state index contributed by atoms with van der Waals surface area (Å²) in [6.07, 6.45) is 0.416. The molecule has 1 saturated heterocycles. The van der Waals surface area contributed by atoms with Crippen molar-refractivity contribution in [2.45, 2.75) is 16.8 Å². The van der Waals surface area contributed by atoms with Crippen LogP contribution in [-0.2, 0) is 9.59 Å². The largest absolute Gasteiger partial charge is 0.477 e. The number of hydrogen-bond donors (Lipinski definition) is 1.